The molecule has 8 rings (SSSR count). The number of aromatic nitrogens is 4. The van der Waals surface area contributed by atoms with E-state index in [9.17, 15) is 9.59 Å². The van der Waals surface area contributed by atoms with Crippen molar-refractivity contribution in [2.45, 2.75) is 77.3 Å². The molecule has 12 heteroatoms. The Bertz CT molecular complexity index is 1770. The van der Waals surface area contributed by atoms with Crippen LogP contribution in [0.4, 0.5) is 23.5 Å². The van der Waals surface area contributed by atoms with Crippen LogP contribution in [0.3, 0.4) is 0 Å². The number of nitrogens with one attached hydrogen (secondary N) is 2. The minimum Gasteiger partial charge on any atom is -0.378 e. The molecule has 0 amide bonds. The van der Waals surface area contributed by atoms with Crippen molar-refractivity contribution in [1.29, 1.82) is 0 Å². The number of H-pyrrole nitrogens is 2. The smallest absolute Gasteiger partial charge is 0.254 e. The van der Waals surface area contributed by atoms with E-state index in [0.29, 0.717) is 62.2 Å². The van der Waals surface area contributed by atoms with Crippen molar-refractivity contribution < 1.29 is 9.47 Å². The zero-order valence-corrected chi connectivity index (χ0v) is 33.3. The van der Waals surface area contributed by atoms with Crippen LogP contribution >= 0.6 is 0 Å². The second-order valence-corrected chi connectivity index (χ2v) is 16.1. The SMILES string of the molecule is C[C@@H]1CCC[C@H](Cc2ccccc2)N(c2nc(N3CCOCC3)cc(=O)[nH]2)C1.C[C@H]1CCC[C@H](Cc2ccccc2)N(c2nc(N3CCOCC3)cc(=O)[nH]2)C1. The number of hydrogen-bond donors (Lipinski definition) is 2. The highest BCUT2D eigenvalue weighted by molar-refractivity contribution is 5.46. The topological polar surface area (TPSA) is 123 Å². The summed E-state index contributed by atoms with van der Waals surface area (Å²) >= 11 is 0. The summed E-state index contributed by atoms with van der Waals surface area (Å²) in [4.78, 5) is 49.7. The highest BCUT2D eigenvalue weighted by Crippen LogP contribution is 2.29. The first-order valence-corrected chi connectivity index (χ1v) is 20.9. The average Bonchev–Trinajstić information content (AvgIpc) is 3.53. The van der Waals surface area contributed by atoms with Crippen molar-refractivity contribution in [3.63, 3.8) is 0 Å². The van der Waals surface area contributed by atoms with Gasteiger partial charge in [-0.1, -0.05) is 87.4 Å². The molecule has 0 spiro atoms. The van der Waals surface area contributed by atoms with Crippen molar-refractivity contribution in [3.8, 4) is 0 Å². The number of rotatable bonds is 8. The number of benzene rings is 2. The third-order valence-corrected chi connectivity index (χ3v) is 11.6. The number of hydrogen-bond acceptors (Lipinski definition) is 10. The highest BCUT2D eigenvalue weighted by Gasteiger charge is 2.29. The van der Waals surface area contributed by atoms with Gasteiger partial charge >= 0.3 is 0 Å². The normalized spacial score (nSPS) is 23.5. The van der Waals surface area contributed by atoms with Crippen LogP contribution in [0.15, 0.2) is 82.4 Å². The fourth-order valence-electron chi connectivity index (χ4n) is 8.63. The Kier molecular flexibility index (Phi) is 13.7. The number of ether oxygens (including phenoxy) is 2. The van der Waals surface area contributed by atoms with Gasteiger partial charge in [0.2, 0.25) is 11.9 Å². The molecule has 0 saturated carbocycles. The van der Waals surface area contributed by atoms with Crippen molar-refractivity contribution in [2.75, 3.05) is 85.3 Å². The van der Waals surface area contributed by atoms with Gasteiger partial charge in [0.25, 0.3) is 11.1 Å². The summed E-state index contributed by atoms with van der Waals surface area (Å²) in [5.74, 6) is 4.11. The summed E-state index contributed by atoms with van der Waals surface area (Å²) in [7, 11) is 0. The van der Waals surface area contributed by atoms with Crippen LogP contribution in [0.5, 0.6) is 0 Å². The summed E-state index contributed by atoms with van der Waals surface area (Å²) in [6.45, 7) is 12.3. The first-order valence-electron chi connectivity index (χ1n) is 20.9. The molecule has 4 aliphatic heterocycles. The molecule has 12 nitrogen and oxygen atoms in total. The summed E-state index contributed by atoms with van der Waals surface area (Å²) < 4.78 is 10.9. The van der Waals surface area contributed by atoms with Crippen molar-refractivity contribution >= 4 is 23.5 Å². The molecule has 0 unspecified atom stereocenters. The lowest BCUT2D eigenvalue weighted by Crippen LogP contribution is -2.41. The standard InChI is InChI=1S/2C22H30N4O2/c2*1-17-6-5-9-19(14-18-7-3-2-4-8-18)26(16-17)22-23-20(15-21(27)24-22)25-10-12-28-13-11-25/h2*2-4,7-8,15,17,19H,5-6,9-14,16H2,1H3,(H,23,24,27)/t17-,19+;17-,19-/m01/s1. The quantitative estimate of drug-likeness (QED) is 0.232. The maximum absolute atomic E-state index is 12.4. The monoisotopic (exact) mass is 764 g/mol. The van der Waals surface area contributed by atoms with Crippen molar-refractivity contribution in [2.24, 2.45) is 11.8 Å². The van der Waals surface area contributed by atoms with E-state index in [1.165, 1.54) is 36.8 Å². The summed E-state index contributed by atoms with van der Waals surface area (Å²) in [6.07, 6.45) is 9.03. The molecule has 4 aliphatic rings. The van der Waals surface area contributed by atoms with Gasteiger partial charge in [0.1, 0.15) is 11.6 Å². The van der Waals surface area contributed by atoms with Gasteiger partial charge in [-0.25, -0.2) is 0 Å². The molecule has 0 bridgehead atoms. The Morgan fingerprint density at radius 2 is 0.982 bits per heavy atom. The number of aromatic amines is 2. The fraction of sp³-hybridized carbons (Fsp3) is 0.545. The second-order valence-electron chi connectivity index (χ2n) is 16.1. The maximum atomic E-state index is 12.4. The van der Waals surface area contributed by atoms with E-state index in [2.05, 4.69) is 104 Å². The summed E-state index contributed by atoms with van der Waals surface area (Å²) in [6, 6.07) is 25.2. The second kappa shape index (κ2) is 19.5. The molecule has 4 aromatic rings. The first kappa shape index (κ1) is 39.6. The predicted octanol–water partition coefficient (Wildman–Crippen LogP) is 5.69. The third-order valence-electron chi connectivity index (χ3n) is 11.6. The Balaban J connectivity index is 0.000000172. The van der Waals surface area contributed by atoms with Crippen LogP contribution in [-0.4, -0.2) is 97.7 Å². The van der Waals surface area contributed by atoms with Crippen LogP contribution in [0.2, 0.25) is 0 Å². The van der Waals surface area contributed by atoms with Crippen LogP contribution in [0.1, 0.15) is 63.5 Å². The molecular weight excluding hydrogens is 705 g/mol. The molecule has 4 fully saturated rings. The van der Waals surface area contributed by atoms with Gasteiger partial charge in [-0.15, -0.1) is 0 Å². The Morgan fingerprint density at radius 1 is 0.589 bits per heavy atom. The van der Waals surface area contributed by atoms with Gasteiger partial charge < -0.3 is 29.1 Å². The van der Waals surface area contributed by atoms with Gasteiger partial charge in [0, 0.05) is 63.5 Å². The van der Waals surface area contributed by atoms with Crippen molar-refractivity contribution in [1.82, 2.24) is 19.9 Å². The number of nitrogens with zero attached hydrogens (tertiary/aromatic N) is 6. The summed E-state index contributed by atoms with van der Waals surface area (Å²) in [5, 5.41) is 0. The van der Waals surface area contributed by atoms with E-state index in [-0.39, 0.29) is 11.1 Å². The van der Waals surface area contributed by atoms with Gasteiger partial charge in [0.15, 0.2) is 0 Å². The van der Waals surface area contributed by atoms with E-state index in [1.807, 2.05) is 0 Å². The maximum Gasteiger partial charge on any atom is 0.254 e. The lowest BCUT2D eigenvalue weighted by molar-refractivity contribution is 0.122. The lowest BCUT2D eigenvalue weighted by Gasteiger charge is -2.33. The largest absolute Gasteiger partial charge is 0.378 e. The molecule has 4 atom stereocenters. The Labute approximate surface area is 331 Å². The fourth-order valence-corrected chi connectivity index (χ4v) is 8.63. The van der Waals surface area contributed by atoms with Crippen molar-refractivity contribution in [3.05, 3.63) is 105 Å². The molecule has 0 aliphatic carbocycles. The molecule has 2 N–H and O–H groups in total. The zero-order chi connectivity index (χ0) is 38.7. The van der Waals surface area contributed by atoms with Gasteiger partial charge in [-0.2, -0.15) is 9.97 Å². The van der Waals surface area contributed by atoms with E-state index in [0.717, 1.165) is 76.6 Å². The average molecular weight is 765 g/mol. The first-order chi connectivity index (χ1) is 27.4. The predicted molar refractivity (Wildman–Crippen MR) is 224 cm³/mol. The zero-order valence-electron chi connectivity index (χ0n) is 33.3. The van der Waals surface area contributed by atoms with E-state index in [4.69, 9.17) is 19.4 Å². The van der Waals surface area contributed by atoms with Crippen LogP contribution < -0.4 is 30.7 Å². The van der Waals surface area contributed by atoms with Gasteiger partial charge in [-0.3, -0.25) is 19.6 Å². The highest BCUT2D eigenvalue weighted by atomic mass is 16.5. The molecule has 4 saturated heterocycles. The minimum atomic E-state index is -0.0816. The van der Waals surface area contributed by atoms with Crippen LogP contribution in [-0.2, 0) is 22.3 Å². The van der Waals surface area contributed by atoms with Crippen LogP contribution in [0.25, 0.3) is 0 Å². The van der Waals surface area contributed by atoms with E-state index >= 15 is 0 Å². The van der Waals surface area contributed by atoms with E-state index in [1.54, 1.807) is 12.1 Å². The van der Waals surface area contributed by atoms with Gasteiger partial charge in [-0.05, 0) is 61.5 Å². The molecule has 6 heterocycles. The Hall–Kier alpha value is -4.68. The number of anilines is 4. The summed E-state index contributed by atoms with van der Waals surface area (Å²) in [5.41, 5.74) is 2.50. The molecule has 2 aromatic carbocycles. The minimum absolute atomic E-state index is 0.0816. The van der Waals surface area contributed by atoms with Crippen LogP contribution in [0, 0.1) is 11.8 Å². The van der Waals surface area contributed by atoms with E-state index < -0.39 is 0 Å². The Morgan fingerprint density at radius 3 is 1.38 bits per heavy atom. The molecule has 300 valence electrons. The molecule has 56 heavy (non-hydrogen) atoms. The molecular formula is C44H60N8O4. The lowest BCUT2D eigenvalue weighted by atomic mass is 10.0. The van der Waals surface area contributed by atoms with Gasteiger partial charge in [0.05, 0.1) is 26.4 Å². The number of morpholine rings is 2. The molecule has 0 radical (unpaired) electrons. The molecule has 2 aromatic heterocycles. The third kappa shape index (κ3) is 10.8.